The van der Waals surface area contributed by atoms with Crippen LogP contribution in [0.4, 0.5) is 0 Å². The van der Waals surface area contributed by atoms with Crippen LogP contribution in [0.3, 0.4) is 0 Å². The van der Waals surface area contributed by atoms with Crippen LogP contribution in [0.5, 0.6) is 5.75 Å². The predicted molar refractivity (Wildman–Crippen MR) is 210 cm³/mol. The van der Waals surface area contributed by atoms with Gasteiger partial charge in [0.25, 0.3) is 11.8 Å². The molecule has 7 rings (SSSR count). The van der Waals surface area contributed by atoms with Crippen LogP contribution in [0.1, 0.15) is 123 Å². The number of methoxy groups -OCH3 is 1. The van der Waals surface area contributed by atoms with Gasteiger partial charge in [-0.05, 0) is 113 Å². The first-order valence-corrected chi connectivity index (χ1v) is 20.3. The van der Waals surface area contributed by atoms with Gasteiger partial charge in [-0.25, -0.2) is 13.1 Å². The number of carbonyl (C=O) groups is 2. The summed E-state index contributed by atoms with van der Waals surface area (Å²) < 4.78 is 37.7. The van der Waals surface area contributed by atoms with Crippen LogP contribution in [-0.2, 0) is 16.6 Å². The van der Waals surface area contributed by atoms with E-state index in [0.717, 1.165) is 76.8 Å². The number of nitrogens with zero attached hydrogens (tertiary/aromatic N) is 4. The summed E-state index contributed by atoms with van der Waals surface area (Å²) in [4.78, 5) is 29.8. The first-order chi connectivity index (χ1) is 25.4. The number of fused-ring (bicyclic) bond motifs is 5. The van der Waals surface area contributed by atoms with Crippen LogP contribution in [-0.4, -0.2) is 57.9 Å². The van der Waals surface area contributed by atoms with Gasteiger partial charge in [0.2, 0.25) is 10.0 Å². The van der Waals surface area contributed by atoms with Gasteiger partial charge < -0.3 is 14.2 Å². The molecule has 2 aromatic heterocycles. The second-order valence-electron chi connectivity index (χ2n) is 14.9. The Morgan fingerprint density at radius 3 is 2.49 bits per heavy atom. The molecule has 2 amide bonds. The second kappa shape index (κ2) is 14.5. The van der Waals surface area contributed by atoms with Crippen molar-refractivity contribution in [1.82, 2.24) is 24.0 Å². The van der Waals surface area contributed by atoms with Crippen molar-refractivity contribution in [2.75, 3.05) is 7.11 Å². The van der Waals surface area contributed by atoms with Crippen LogP contribution in [0.25, 0.3) is 33.8 Å². The molecule has 1 saturated carbocycles. The molecule has 1 fully saturated rings. The van der Waals surface area contributed by atoms with Crippen molar-refractivity contribution in [1.29, 1.82) is 0 Å². The Morgan fingerprint density at radius 2 is 1.79 bits per heavy atom. The van der Waals surface area contributed by atoms with Crippen molar-refractivity contribution in [2.45, 2.75) is 103 Å². The van der Waals surface area contributed by atoms with Gasteiger partial charge in [-0.3, -0.25) is 14.3 Å². The number of carbonyl (C=O) groups excluding carboxylic acids is 2. The minimum absolute atomic E-state index is 0.0437. The molecule has 0 spiro atoms. The van der Waals surface area contributed by atoms with Crippen LogP contribution in [0.2, 0.25) is 0 Å². The molecule has 1 atom stereocenters. The molecule has 53 heavy (non-hydrogen) atoms. The molecule has 11 heteroatoms. The van der Waals surface area contributed by atoms with Gasteiger partial charge in [0.1, 0.15) is 5.75 Å². The molecular weight excluding hydrogens is 687 g/mol. The van der Waals surface area contributed by atoms with Gasteiger partial charge in [0.15, 0.2) is 0 Å². The summed E-state index contributed by atoms with van der Waals surface area (Å²) in [5, 5.41) is 5.09. The number of allylic oxidation sites excluding steroid dienone is 2. The SMILES string of the molecule is C/C=C/C1CC=CN1C(=O)c1cnn(C(C)C)c1C1=Cc2cc(OC)ccc2-c2c(C3CCCCC3)c3ccc(C(=O)NS(=O)(=O)C(C)C)cc3n2C1. The number of benzene rings is 2. The number of sulfonamides is 1. The number of ether oxygens (including phenoxy) is 1. The highest BCUT2D eigenvalue weighted by atomic mass is 32.2. The maximum Gasteiger partial charge on any atom is 0.264 e. The van der Waals surface area contributed by atoms with Gasteiger partial charge >= 0.3 is 0 Å². The molecular formula is C42H49N5O5S. The van der Waals surface area contributed by atoms with Crippen LogP contribution < -0.4 is 9.46 Å². The van der Waals surface area contributed by atoms with Crippen LogP contribution >= 0.6 is 0 Å². The average Bonchev–Trinajstić information content (AvgIpc) is 3.85. The van der Waals surface area contributed by atoms with E-state index in [1.54, 1.807) is 38.1 Å². The van der Waals surface area contributed by atoms with Crippen molar-refractivity contribution in [3.05, 3.63) is 95.0 Å². The normalized spacial score (nSPS) is 17.8. The second-order valence-corrected chi connectivity index (χ2v) is 17.2. The Balaban J connectivity index is 1.48. The fraction of sp³-hybridized carbons (Fsp3) is 0.405. The van der Waals surface area contributed by atoms with Crippen molar-refractivity contribution in [2.24, 2.45) is 0 Å². The molecule has 2 aromatic carbocycles. The number of aromatic nitrogens is 3. The van der Waals surface area contributed by atoms with Gasteiger partial charge in [0.05, 0.1) is 48.1 Å². The Labute approximate surface area is 312 Å². The fourth-order valence-corrected chi connectivity index (χ4v) is 8.76. The van der Waals surface area contributed by atoms with Crippen molar-refractivity contribution < 1.29 is 22.7 Å². The maximum atomic E-state index is 14.5. The molecule has 278 valence electrons. The summed E-state index contributed by atoms with van der Waals surface area (Å²) in [6.07, 6.45) is 18.1. The molecule has 1 N–H and O–H groups in total. The summed E-state index contributed by atoms with van der Waals surface area (Å²) in [5.74, 6) is 0.248. The number of nitrogens with one attached hydrogen (secondary N) is 1. The lowest BCUT2D eigenvalue weighted by molar-refractivity contribution is 0.0805. The van der Waals surface area contributed by atoms with Gasteiger partial charge in [-0.15, -0.1) is 0 Å². The summed E-state index contributed by atoms with van der Waals surface area (Å²) >= 11 is 0. The predicted octanol–water partition coefficient (Wildman–Crippen LogP) is 8.47. The zero-order valence-corrected chi connectivity index (χ0v) is 32.2. The van der Waals surface area contributed by atoms with Crippen molar-refractivity contribution in [3.63, 3.8) is 0 Å². The molecule has 1 unspecified atom stereocenters. The molecule has 4 aromatic rings. The van der Waals surface area contributed by atoms with Crippen LogP contribution in [0.15, 0.2) is 67.0 Å². The highest BCUT2D eigenvalue weighted by molar-refractivity contribution is 7.90. The van der Waals surface area contributed by atoms with Crippen LogP contribution in [0, 0.1) is 0 Å². The topological polar surface area (TPSA) is 116 Å². The molecule has 4 heterocycles. The van der Waals surface area contributed by atoms with E-state index in [2.05, 4.69) is 35.3 Å². The van der Waals surface area contributed by atoms with E-state index >= 15 is 0 Å². The molecule has 10 nitrogen and oxygen atoms in total. The van der Waals surface area contributed by atoms with E-state index in [1.165, 1.54) is 12.0 Å². The number of amides is 2. The monoisotopic (exact) mass is 735 g/mol. The summed E-state index contributed by atoms with van der Waals surface area (Å²) in [7, 11) is -2.18. The minimum atomic E-state index is -3.84. The number of hydrogen-bond acceptors (Lipinski definition) is 6. The van der Waals surface area contributed by atoms with E-state index in [0.29, 0.717) is 18.0 Å². The molecule has 1 aliphatic carbocycles. The molecule has 0 saturated heterocycles. The first-order valence-electron chi connectivity index (χ1n) is 18.7. The van der Waals surface area contributed by atoms with E-state index in [4.69, 9.17) is 9.84 Å². The molecule has 2 aliphatic heterocycles. The van der Waals surface area contributed by atoms with Gasteiger partial charge in [-0.2, -0.15) is 5.10 Å². The van der Waals surface area contributed by atoms with Crippen molar-refractivity contribution >= 4 is 44.4 Å². The quantitative estimate of drug-likeness (QED) is 0.173. The Hall–Kier alpha value is -4.90. The third kappa shape index (κ3) is 6.64. The smallest absolute Gasteiger partial charge is 0.264 e. The van der Waals surface area contributed by atoms with Gasteiger partial charge in [-0.1, -0.05) is 43.6 Å². The number of rotatable bonds is 9. The molecule has 0 radical (unpaired) electrons. The van der Waals surface area contributed by atoms with Gasteiger partial charge in [0, 0.05) is 34.3 Å². The summed E-state index contributed by atoms with van der Waals surface area (Å²) in [5.41, 5.74) is 7.56. The molecule has 3 aliphatic rings. The zero-order chi connectivity index (χ0) is 37.6. The van der Waals surface area contributed by atoms with E-state index in [1.807, 2.05) is 60.3 Å². The third-order valence-corrected chi connectivity index (χ3v) is 12.6. The summed E-state index contributed by atoms with van der Waals surface area (Å²) in [6, 6.07) is 11.6. The standard InChI is InChI=1S/C42H49N5O5S/c1-7-12-32-15-11-20-45(32)42(49)36-24-43-47(26(2)3)39(36)31-21-30-22-33(52-6)17-19-34(30)40-38(28-13-9-8-10-14-28)35-18-16-29(23-37(35)46(40)25-31)41(48)44-53(50,51)27(4)5/h7,11-12,16-24,26-28,32H,8-10,13-15,25H2,1-6H3,(H,44,48)/b12-7+. The van der Waals surface area contributed by atoms with E-state index in [9.17, 15) is 18.0 Å². The highest BCUT2D eigenvalue weighted by Crippen LogP contribution is 2.48. The van der Waals surface area contributed by atoms with E-state index in [-0.39, 0.29) is 23.6 Å². The highest BCUT2D eigenvalue weighted by Gasteiger charge is 2.34. The fourth-order valence-electron chi connectivity index (χ4n) is 8.15. The lowest BCUT2D eigenvalue weighted by Gasteiger charge is -2.24. The average molecular weight is 736 g/mol. The Morgan fingerprint density at radius 1 is 1.02 bits per heavy atom. The van der Waals surface area contributed by atoms with Crippen molar-refractivity contribution in [3.8, 4) is 17.0 Å². The first kappa shape index (κ1) is 36.5. The largest absolute Gasteiger partial charge is 0.497 e. The number of hydrogen-bond donors (Lipinski definition) is 1. The lowest BCUT2D eigenvalue weighted by Crippen LogP contribution is -2.35. The molecule has 0 bridgehead atoms. The summed E-state index contributed by atoms with van der Waals surface area (Å²) in [6.45, 7) is 9.56. The Bertz CT molecular complexity index is 2280. The maximum absolute atomic E-state index is 14.5. The lowest BCUT2D eigenvalue weighted by atomic mass is 9.81. The Kier molecular flexibility index (Phi) is 9.97. The minimum Gasteiger partial charge on any atom is -0.497 e. The third-order valence-electron chi connectivity index (χ3n) is 10.9. The zero-order valence-electron chi connectivity index (χ0n) is 31.4. The van der Waals surface area contributed by atoms with E-state index < -0.39 is 21.2 Å².